The molecule has 0 aromatic heterocycles. The summed E-state index contributed by atoms with van der Waals surface area (Å²) in [6, 6.07) is 0. The molecule has 4 aliphatic rings. The zero-order valence-corrected chi connectivity index (χ0v) is 28.3. The molecule has 0 aromatic carbocycles. The molecule has 48 heavy (non-hydrogen) atoms. The summed E-state index contributed by atoms with van der Waals surface area (Å²) in [5.41, 5.74) is -4.63. The molecule has 1 aliphatic heterocycles. The van der Waals surface area contributed by atoms with E-state index in [0.29, 0.717) is 90.1 Å². The molecule has 2 atom stereocenters. The minimum Gasteiger partial charge on any atom is -0.466 e. The number of unbranched alkanes of at least 4 members (excludes halogenated alkanes) is 3. The van der Waals surface area contributed by atoms with Gasteiger partial charge in [-0.25, -0.2) is 19.2 Å². The second kappa shape index (κ2) is 18.0. The number of esters is 5. The third kappa shape index (κ3) is 9.69. The van der Waals surface area contributed by atoms with Gasteiger partial charge < -0.3 is 33.2 Å². The largest absolute Gasteiger partial charge is 0.466 e. The Morgan fingerprint density at radius 3 is 1.88 bits per heavy atom. The van der Waals surface area contributed by atoms with E-state index in [1.54, 1.807) is 0 Å². The summed E-state index contributed by atoms with van der Waals surface area (Å²) in [5, 5.41) is 0. The van der Waals surface area contributed by atoms with E-state index in [0.717, 1.165) is 19.3 Å². The Bertz CT molecular complexity index is 1120. The fourth-order valence-corrected chi connectivity index (χ4v) is 6.79. The first-order valence-electron chi connectivity index (χ1n) is 17.9. The van der Waals surface area contributed by atoms with Gasteiger partial charge in [-0.3, -0.25) is 9.59 Å². The summed E-state index contributed by atoms with van der Waals surface area (Å²) in [4.78, 5) is 76.8. The van der Waals surface area contributed by atoms with Crippen molar-refractivity contribution in [1.29, 1.82) is 0 Å². The summed E-state index contributed by atoms with van der Waals surface area (Å²) in [6.07, 6.45) is 8.59. The van der Waals surface area contributed by atoms with E-state index < -0.39 is 52.9 Å². The van der Waals surface area contributed by atoms with Gasteiger partial charge in [0.05, 0.1) is 19.8 Å². The van der Waals surface area contributed by atoms with Crippen molar-refractivity contribution in [2.24, 2.45) is 0 Å². The normalized spacial score (nSPS) is 23.9. The van der Waals surface area contributed by atoms with Crippen LogP contribution in [-0.2, 0) is 61.9 Å². The predicted octanol–water partition coefficient (Wildman–Crippen LogP) is 4.72. The van der Waals surface area contributed by atoms with Crippen LogP contribution in [0.1, 0.15) is 135 Å². The topological polar surface area (TPSA) is 167 Å². The lowest BCUT2D eigenvalue weighted by Gasteiger charge is -2.42. The van der Waals surface area contributed by atoms with E-state index in [4.69, 9.17) is 33.2 Å². The molecule has 4 fully saturated rings. The lowest BCUT2D eigenvalue weighted by atomic mass is 9.79. The highest BCUT2D eigenvalue weighted by molar-refractivity contribution is 5.91. The fourth-order valence-electron chi connectivity index (χ4n) is 6.79. The molecule has 270 valence electrons. The summed E-state index contributed by atoms with van der Waals surface area (Å²) in [7, 11) is 0. The van der Waals surface area contributed by atoms with E-state index in [1.807, 2.05) is 6.92 Å². The zero-order chi connectivity index (χ0) is 34.5. The van der Waals surface area contributed by atoms with Crippen molar-refractivity contribution in [2.75, 3.05) is 19.8 Å². The molecule has 2 unspecified atom stereocenters. The SMILES string of the molecule is CCCCOC(=O)CCCCCOC(=O)C1(OC(=O)C2(OC(=O)C3(OC(=O)C4CC(OC=O)CCO4)CCCCC3)CCCC2)CCC1. The van der Waals surface area contributed by atoms with Crippen LogP contribution in [0.4, 0.5) is 0 Å². The fraction of sp³-hybridized carbons (Fsp3) is 0.829. The molecule has 0 radical (unpaired) electrons. The Morgan fingerprint density at radius 1 is 0.688 bits per heavy atom. The molecule has 13 nitrogen and oxygen atoms in total. The maximum atomic E-state index is 13.9. The van der Waals surface area contributed by atoms with Crippen LogP contribution in [0.15, 0.2) is 0 Å². The second-order valence-electron chi connectivity index (χ2n) is 13.6. The molecule has 3 aliphatic carbocycles. The van der Waals surface area contributed by atoms with E-state index >= 15 is 0 Å². The molecule has 3 saturated carbocycles. The van der Waals surface area contributed by atoms with E-state index in [2.05, 4.69) is 0 Å². The molecule has 1 saturated heterocycles. The molecule has 0 spiro atoms. The average molecular weight is 681 g/mol. The summed E-state index contributed by atoms with van der Waals surface area (Å²) in [6.45, 7) is 3.12. The van der Waals surface area contributed by atoms with Crippen LogP contribution in [0.2, 0.25) is 0 Å². The Labute approximate surface area is 282 Å². The van der Waals surface area contributed by atoms with Gasteiger partial charge in [0.15, 0.2) is 6.10 Å². The van der Waals surface area contributed by atoms with Gasteiger partial charge in [-0.1, -0.05) is 19.8 Å². The predicted molar refractivity (Wildman–Crippen MR) is 167 cm³/mol. The van der Waals surface area contributed by atoms with Gasteiger partial charge in [0.1, 0.15) is 6.10 Å². The van der Waals surface area contributed by atoms with Gasteiger partial charge in [-0.2, -0.15) is 0 Å². The van der Waals surface area contributed by atoms with Crippen molar-refractivity contribution in [3.05, 3.63) is 0 Å². The van der Waals surface area contributed by atoms with Gasteiger partial charge in [0, 0.05) is 19.3 Å². The molecule has 4 rings (SSSR count). The van der Waals surface area contributed by atoms with Gasteiger partial charge in [0.25, 0.3) is 6.47 Å². The first kappa shape index (κ1) is 37.6. The van der Waals surface area contributed by atoms with Gasteiger partial charge >= 0.3 is 29.8 Å². The molecule has 0 amide bonds. The second-order valence-corrected chi connectivity index (χ2v) is 13.6. The lowest BCUT2D eigenvalue weighted by molar-refractivity contribution is -0.219. The van der Waals surface area contributed by atoms with Crippen molar-refractivity contribution in [3.63, 3.8) is 0 Å². The van der Waals surface area contributed by atoms with Crippen LogP contribution in [0.5, 0.6) is 0 Å². The molecule has 13 heteroatoms. The number of rotatable bonds is 18. The van der Waals surface area contributed by atoms with Gasteiger partial charge in [-0.15, -0.1) is 0 Å². The van der Waals surface area contributed by atoms with Crippen molar-refractivity contribution >= 4 is 36.3 Å². The quantitative estimate of drug-likeness (QED) is 0.0845. The monoisotopic (exact) mass is 680 g/mol. The van der Waals surface area contributed by atoms with E-state index in [9.17, 15) is 28.8 Å². The summed E-state index contributed by atoms with van der Waals surface area (Å²) < 4.78 is 39.1. The molecule has 0 aromatic rings. The number of hydrogen-bond donors (Lipinski definition) is 0. The van der Waals surface area contributed by atoms with Crippen LogP contribution in [0.3, 0.4) is 0 Å². The maximum absolute atomic E-state index is 13.9. The highest BCUT2D eigenvalue weighted by atomic mass is 16.7. The molecular weight excluding hydrogens is 628 g/mol. The number of hydrogen-bond acceptors (Lipinski definition) is 13. The average Bonchev–Trinajstić information content (AvgIpc) is 3.54. The summed E-state index contributed by atoms with van der Waals surface area (Å²) in [5.74, 6) is -3.17. The van der Waals surface area contributed by atoms with E-state index in [1.165, 1.54) is 0 Å². The Balaban J connectivity index is 1.33. The Kier molecular flexibility index (Phi) is 14.1. The lowest BCUT2D eigenvalue weighted by Crippen LogP contribution is -2.57. The molecule has 0 bridgehead atoms. The maximum Gasteiger partial charge on any atom is 0.351 e. The number of carbonyl (C=O) groups excluding carboxylic acids is 6. The minimum absolute atomic E-state index is 0.116. The number of ether oxygens (including phenoxy) is 7. The van der Waals surface area contributed by atoms with Crippen LogP contribution in [0.25, 0.3) is 0 Å². The van der Waals surface area contributed by atoms with Crippen molar-refractivity contribution in [1.82, 2.24) is 0 Å². The van der Waals surface area contributed by atoms with Crippen molar-refractivity contribution in [3.8, 4) is 0 Å². The highest BCUT2D eigenvalue weighted by Crippen LogP contribution is 2.43. The van der Waals surface area contributed by atoms with Gasteiger partial charge in [-0.05, 0) is 96.3 Å². The third-order valence-electron chi connectivity index (χ3n) is 9.99. The third-order valence-corrected chi connectivity index (χ3v) is 9.99. The van der Waals surface area contributed by atoms with Crippen LogP contribution in [0, 0.1) is 0 Å². The van der Waals surface area contributed by atoms with Crippen molar-refractivity contribution < 1.29 is 61.9 Å². The summed E-state index contributed by atoms with van der Waals surface area (Å²) >= 11 is 0. The smallest absolute Gasteiger partial charge is 0.351 e. The highest BCUT2D eigenvalue weighted by Gasteiger charge is 2.57. The van der Waals surface area contributed by atoms with Gasteiger partial charge in [0.2, 0.25) is 16.8 Å². The van der Waals surface area contributed by atoms with Crippen LogP contribution in [-0.4, -0.2) is 85.2 Å². The molecule has 1 heterocycles. The molecular formula is C35H52O13. The van der Waals surface area contributed by atoms with Crippen LogP contribution >= 0.6 is 0 Å². The zero-order valence-electron chi connectivity index (χ0n) is 28.3. The Hall–Kier alpha value is -3.22. The first-order valence-corrected chi connectivity index (χ1v) is 17.9. The van der Waals surface area contributed by atoms with Crippen molar-refractivity contribution in [2.45, 2.75) is 164 Å². The first-order chi connectivity index (χ1) is 23.2. The Morgan fingerprint density at radius 2 is 1.27 bits per heavy atom. The minimum atomic E-state index is -1.60. The standard InChI is InChI=1S/C35H52O13/c1-2-3-21-43-28(37)13-6-4-11-22-44-30(39)33(19-12-20-33)47-32(41)35(17-9-10-18-35)48-31(40)34(15-7-5-8-16-34)46-29(38)27-24-26(45-25-36)14-23-42-27/h25-27H,2-24H2,1H3. The van der Waals surface area contributed by atoms with E-state index in [-0.39, 0.29) is 51.3 Å². The number of carbonyl (C=O) groups is 6. The molecule has 0 N–H and O–H groups in total. The van der Waals surface area contributed by atoms with Crippen LogP contribution < -0.4 is 0 Å².